The molecule has 0 saturated carbocycles. The van der Waals surface area contributed by atoms with Crippen LogP contribution in [-0.4, -0.2) is 9.55 Å². The van der Waals surface area contributed by atoms with E-state index in [0.717, 1.165) is 18.7 Å². The summed E-state index contributed by atoms with van der Waals surface area (Å²) in [5.74, 6) is 0. The third-order valence-electron chi connectivity index (χ3n) is 1.48. The maximum atomic E-state index is 11.2. The third-order valence-corrected chi connectivity index (χ3v) is 1.48. The number of aromatic nitrogens is 2. The zero-order valence-electron chi connectivity index (χ0n) is 6.87. The van der Waals surface area contributed by atoms with Crippen molar-refractivity contribution in [2.75, 3.05) is 0 Å². The summed E-state index contributed by atoms with van der Waals surface area (Å²) in [5, 5.41) is 0. The second-order valence-electron chi connectivity index (χ2n) is 2.56. The van der Waals surface area contributed by atoms with Crippen molar-refractivity contribution in [3.8, 4) is 0 Å². The topological polar surface area (TPSA) is 34.9 Å². The zero-order valence-corrected chi connectivity index (χ0v) is 6.87. The molecule has 0 amide bonds. The summed E-state index contributed by atoms with van der Waals surface area (Å²) >= 11 is 0. The Hall–Kier alpha value is -1.12. The lowest BCUT2D eigenvalue weighted by Crippen LogP contribution is -2.19. The van der Waals surface area contributed by atoms with Crippen LogP contribution in [-0.2, 0) is 6.54 Å². The first kappa shape index (κ1) is 7.98. The Morgan fingerprint density at radius 1 is 1.64 bits per heavy atom. The summed E-state index contributed by atoms with van der Waals surface area (Å²) in [5.41, 5.74) is 0.821. The standard InChI is InChI=1S/C8H12N2O/c1-3-4-10-6-9-7(2)5-8(10)11/h5-6H,3-4H2,1-2H3. The molecule has 0 aliphatic carbocycles. The highest BCUT2D eigenvalue weighted by Gasteiger charge is 1.93. The molecule has 3 nitrogen and oxygen atoms in total. The molecule has 0 atom stereocenters. The molecule has 0 radical (unpaired) electrons. The van der Waals surface area contributed by atoms with Gasteiger partial charge in [0.25, 0.3) is 5.56 Å². The molecule has 0 fully saturated rings. The van der Waals surface area contributed by atoms with Crippen LogP contribution in [0, 0.1) is 6.92 Å². The van der Waals surface area contributed by atoms with Gasteiger partial charge >= 0.3 is 0 Å². The molecule has 0 aromatic carbocycles. The SMILES string of the molecule is CCCn1cnc(C)cc1=O. The number of aryl methyl sites for hydroxylation is 2. The first-order valence-corrected chi connectivity index (χ1v) is 3.77. The van der Waals surface area contributed by atoms with Gasteiger partial charge in [0.15, 0.2) is 0 Å². The average Bonchev–Trinajstić information content (AvgIpc) is 1.95. The molecule has 1 rings (SSSR count). The lowest BCUT2D eigenvalue weighted by Gasteiger charge is -2.00. The summed E-state index contributed by atoms with van der Waals surface area (Å²) in [7, 11) is 0. The number of hydrogen-bond acceptors (Lipinski definition) is 2. The predicted molar refractivity (Wildman–Crippen MR) is 43.5 cm³/mol. The highest BCUT2D eigenvalue weighted by atomic mass is 16.1. The Labute approximate surface area is 65.7 Å². The van der Waals surface area contributed by atoms with Gasteiger partial charge in [-0.2, -0.15) is 0 Å². The van der Waals surface area contributed by atoms with Crippen molar-refractivity contribution in [3.05, 3.63) is 28.4 Å². The van der Waals surface area contributed by atoms with E-state index in [9.17, 15) is 4.79 Å². The van der Waals surface area contributed by atoms with E-state index in [1.807, 2.05) is 13.8 Å². The number of rotatable bonds is 2. The molecular weight excluding hydrogens is 140 g/mol. The van der Waals surface area contributed by atoms with Crippen molar-refractivity contribution >= 4 is 0 Å². The van der Waals surface area contributed by atoms with Crippen LogP contribution in [0.4, 0.5) is 0 Å². The molecule has 60 valence electrons. The molecule has 0 bridgehead atoms. The molecule has 0 aliphatic heterocycles. The average molecular weight is 152 g/mol. The summed E-state index contributed by atoms with van der Waals surface area (Å²) < 4.78 is 1.62. The highest BCUT2D eigenvalue weighted by molar-refractivity contribution is 4.95. The first-order chi connectivity index (χ1) is 5.24. The number of nitrogens with zero attached hydrogens (tertiary/aromatic N) is 2. The van der Waals surface area contributed by atoms with Crippen LogP contribution in [0.1, 0.15) is 19.0 Å². The monoisotopic (exact) mass is 152 g/mol. The van der Waals surface area contributed by atoms with Crippen molar-refractivity contribution in [1.82, 2.24) is 9.55 Å². The van der Waals surface area contributed by atoms with Gasteiger partial charge in [0.05, 0.1) is 6.33 Å². The molecule has 1 aromatic heterocycles. The van der Waals surface area contributed by atoms with Gasteiger partial charge in [0.2, 0.25) is 0 Å². The Morgan fingerprint density at radius 3 is 2.91 bits per heavy atom. The van der Waals surface area contributed by atoms with Gasteiger partial charge in [-0.05, 0) is 13.3 Å². The predicted octanol–water partition coefficient (Wildman–Crippen LogP) is 0.962. The molecule has 11 heavy (non-hydrogen) atoms. The Morgan fingerprint density at radius 2 is 2.36 bits per heavy atom. The van der Waals surface area contributed by atoms with Gasteiger partial charge in [-0.15, -0.1) is 0 Å². The van der Waals surface area contributed by atoms with Crippen molar-refractivity contribution in [1.29, 1.82) is 0 Å². The normalized spacial score (nSPS) is 10.0. The Balaban J connectivity index is 3.00. The minimum Gasteiger partial charge on any atom is -0.299 e. The van der Waals surface area contributed by atoms with Crippen molar-refractivity contribution in [3.63, 3.8) is 0 Å². The zero-order chi connectivity index (χ0) is 8.27. The summed E-state index contributed by atoms with van der Waals surface area (Å²) in [6.45, 7) is 4.61. The van der Waals surface area contributed by atoms with Gasteiger partial charge < -0.3 is 0 Å². The quantitative estimate of drug-likeness (QED) is 0.632. The van der Waals surface area contributed by atoms with Crippen LogP contribution >= 0.6 is 0 Å². The summed E-state index contributed by atoms with van der Waals surface area (Å²) in [4.78, 5) is 15.2. The van der Waals surface area contributed by atoms with E-state index >= 15 is 0 Å². The number of hydrogen-bond donors (Lipinski definition) is 0. The summed E-state index contributed by atoms with van der Waals surface area (Å²) in [6.07, 6.45) is 2.56. The van der Waals surface area contributed by atoms with Crippen LogP contribution in [0.2, 0.25) is 0 Å². The maximum Gasteiger partial charge on any atom is 0.253 e. The van der Waals surface area contributed by atoms with E-state index in [0.29, 0.717) is 0 Å². The van der Waals surface area contributed by atoms with Crippen molar-refractivity contribution in [2.24, 2.45) is 0 Å². The van der Waals surface area contributed by atoms with Gasteiger partial charge in [-0.1, -0.05) is 6.92 Å². The fourth-order valence-corrected chi connectivity index (χ4v) is 0.925. The van der Waals surface area contributed by atoms with Crippen LogP contribution in [0.5, 0.6) is 0 Å². The molecule has 0 spiro atoms. The Kier molecular flexibility index (Phi) is 2.41. The molecule has 0 N–H and O–H groups in total. The second kappa shape index (κ2) is 3.32. The largest absolute Gasteiger partial charge is 0.299 e. The molecular formula is C8H12N2O. The van der Waals surface area contributed by atoms with Gasteiger partial charge in [0, 0.05) is 18.3 Å². The second-order valence-corrected chi connectivity index (χ2v) is 2.56. The van der Waals surface area contributed by atoms with Crippen molar-refractivity contribution < 1.29 is 0 Å². The summed E-state index contributed by atoms with van der Waals surface area (Å²) in [6, 6.07) is 1.55. The smallest absolute Gasteiger partial charge is 0.253 e. The van der Waals surface area contributed by atoms with E-state index in [1.54, 1.807) is 17.0 Å². The Bertz CT molecular complexity index is 290. The van der Waals surface area contributed by atoms with Gasteiger partial charge in [0.1, 0.15) is 0 Å². The fraction of sp³-hybridized carbons (Fsp3) is 0.500. The fourth-order valence-electron chi connectivity index (χ4n) is 0.925. The van der Waals surface area contributed by atoms with Crippen LogP contribution in [0.25, 0.3) is 0 Å². The van der Waals surface area contributed by atoms with E-state index in [-0.39, 0.29) is 5.56 Å². The minimum atomic E-state index is 0.0411. The van der Waals surface area contributed by atoms with Crippen LogP contribution in [0.15, 0.2) is 17.2 Å². The van der Waals surface area contributed by atoms with E-state index < -0.39 is 0 Å². The van der Waals surface area contributed by atoms with E-state index in [2.05, 4.69) is 4.98 Å². The van der Waals surface area contributed by atoms with E-state index in [1.165, 1.54) is 0 Å². The maximum absolute atomic E-state index is 11.2. The van der Waals surface area contributed by atoms with Crippen LogP contribution in [0.3, 0.4) is 0 Å². The lowest BCUT2D eigenvalue weighted by molar-refractivity contribution is 0.637. The van der Waals surface area contributed by atoms with E-state index in [4.69, 9.17) is 0 Å². The van der Waals surface area contributed by atoms with Gasteiger partial charge in [-0.3, -0.25) is 9.36 Å². The molecule has 3 heteroatoms. The highest BCUT2D eigenvalue weighted by Crippen LogP contribution is 1.86. The molecule has 0 unspecified atom stereocenters. The first-order valence-electron chi connectivity index (χ1n) is 3.77. The van der Waals surface area contributed by atoms with Crippen LogP contribution < -0.4 is 5.56 Å². The van der Waals surface area contributed by atoms with Gasteiger partial charge in [-0.25, -0.2) is 4.98 Å². The molecule has 1 aromatic rings. The minimum absolute atomic E-state index is 0.0411. The molecule has 1 heterocycles. The molecule has 0 aliphatic rings. The molecule has 0 saturated heterocycles. The van der Waals surface area contributed by atoms with Crippen molar-refractivity contribution in [2.45, 2.75) is 26.8 Å². The lowest BCUT2D eigenvalue weighted by atomic mass is 10.4. The third kappa shape index (κ3) is 1.90.